The lowest BCUT2D eigenvalue weighted by Crippen LogP contribution is -2.34. The molecule has 0 aliphatic carbocycles. The van der Waals surface area contributed by atoms with Gasteiger partial charge in [0.25, 0.3) is 5.91 Å². The van der Waals surface area contributed by atoms with E-state index in [1.165, 1.54) is 0 Å². The summed E-state index contributed by atoms with van der Waals surface area (Å²) in [5.41, 5.74) is 0.665. The van der Waals surface area contributed by atoms with Crippen molar-refractivity contribution in [2.75, 3.05) is 19.7 Å². The Labute approximate surface area is 127 Å². The fraction of sp³-hybridized carbons (Fsp3) is 0.529. The Morgan fingerprint density at radius 1 is 1.05 bits per heavy atom. The predicted molar refractivity (Wildman–Crippen MR) is 83.1 cm³/mol. The number of unbranched alkanes of at least 4 members (excludes halogenated alkanes) is 2. The molecule has 0 aliphatic heterocycles. The SMILES string of the molecule is CCCCCN(CCC(=O)OCC)C(=O)c1ccccc1. The summed E-state index contributed by atoms with van der Waals surface area (Å²) in [6.45, 7) is 5.38. The molecule has 0 unspecified atom stereocenters. The van der Waals surface area contributed by atoms with Gasteiger partial charge in [-0.2, -0.15) is 0 Å². The van der Waals surface area contributed by atoms with E-state index in [9.17, 15) is 9.59 Å². The molecule has 0 fully saturated rings. The summed E-state index contributed by atoms with van der Waals surface area (Å²) in [7, 11) is 0. The fourth-order valence-corrected chi connectivity index (χ4v) is 2.09. The molecule has 1 aromatic rings. The molecule has 0 atom stereocenters. The number of nitrogens with zero attached hydrogens (tertiary/aromatic N) is 1. The van der Waals surface area contributed by atoms with Crippen LogP contribution in [0.15, 0.2) is 30.3 Å². The maximum Gasteiger partial charge on any atom is 0.307 e. The number of esters is 1. The maximum absolute atomic E-state index is 12.5. The minimum absolute atomic E-state index is 0.0176. The summed E-state index contributed by atoms with van der Waals surface area (Å²) >= 11 is 0. The summed E-state index contributed by atoms with van der Waals surface area (Å²) in [5.74, 6) is -0.269. The molecule has 0 saturated carbocycles. The lowest BCUT2D eigenvalue weighted by molar-refractivity contribution is -0.143. The molecular formula is C17H25NO3. The molecule has 0 aliphatic rings. The Balaban J connectivity index is 2.62. The number of amides is 1. The quantitative estimate of drug-likeness (QED) is 0.518. The Hall–Kier alpha value is -1.84. The van der Waals surface area contributed by atoms with Gasteiger partial charge in [0.15, 0.2) is 0 Å². The van der Waals surface area contributed by atoms with Gasteiger partial charge in [0.2, 0.25) is 0 Å². The number of rotatable bonds is 9. The highest BCUT2D eigenvalue weighted by Gasteiger charge is 2.16. The van der Waals surface area contributed by atoms with Gasteiger partial charge in [-0.1, -0.05) is 38.0 Å². The first-order valence-corrected chi connectivity index (χ1v) is 7.69. The van der Waals surface area contributed by atoms with E-state index in [0.29, 0.717) is 25.3 Å². The third kappa shape index (κ3) is 6.43. The summed E-state index contributed by atoms with van der Waals surface area (Å²) in [6, 6.07) is 9.20. The zero-order chi connectivity index (χ0) is 15.5. The Kier molecular flexibility index (Phi) is 8.17. The van der Waals surface area contributed by atoms with Gasteiger partial charge in [-0.05, 0) is 25.5 Å². The number of benzene rings is 1. The van der Waals surface area contributed by atoms with E-state index in [4.69, 9.17) is 4.74 Å². The second kappa shape index (κ2) is 9.97. The van der Waals surface area contributed by atoms with Gasteiger partial charge in [0, 0.05) is 18.7 Å². The highest BCUT2D eigenvalue weighted by Crippen LogP contribution is 2.08. The molecule has 1 rings (SSSR count). The van der Waals surface area contributed by atoms with E-state index >= 15 is 0 Å². The van der Waals surface area contributed by atoms with Crippen molar-refractivity contribution in [2.45, 2.75) is 39.5 Å². The van der Waals surface area contributed by atoms with E-state index in [2.05, 4.69) is 6.92 Å². The molecule has 1 aromatic carbocycles. The lowest BCUT2D eigenvalue weighted by Gasteiger charge is -2.22. The highest BCUT2D eigenvalue weighted by atomic mass is 16.5. The fourth-order valence-electron chi connectivity index (χ4n) is 2.09. The van der Waals surface area contributed by atoms with Crippen LogP contribution in [-0.2, 0) is 9.53 Å². The van der Waals surface area contributed by atoms with Crippen molar-refractivity contribution < 1.29 is 14.3 Å². The van der Waals surface area contributed by atoms with Gasteiger partial charge in [-0.15, -0.1) is 0 Å². The second-order valence-corrected chi connectivity index (χ2v) is 4.92. The second-order valence-electron chi connectivity index (χ2n) is 4.92. The summed E-state index contributed by atoms with van der Waals surface area (Å²) in [5, 5.41) is 0. The van der Waals surface area contributed by atoms with Gasteiger partial charge in [-0.25, -0.2) is 0 Å². The van der Waals surface area contributed by atoms with Gasteiger partial charge < -0.3 is 9.64 Å². The van der Waals surface area contributed by atoms with Crippen LogP contribution in [0.2, 0.25) is 0 Å². The monoisotopic (exact) mass is 291 g/mol. The molecule has 0 N–H and O–H groups in total. The van der Waals surface area contributed by atoms with E-state index < -0.39 is 0 Å². The van der Waals surface area contributed by atoms with Crippen LogP contribution >= 0.6 is 0 Å². The molecule has 0 bridgehead atoms. The first-order valence-electron chi connectivity index (χ1n) is 7.69. The number of hydrogen-bond acceptors (Lipinski definition) is 3. The van der Waals surface area contributed by atoms with Crippen molar-refractivity contribution in [1.29, 1.82) is 0 Å². The molecule has 0 heterocycles. The van der Waals surface area contributed by atoms with E-state index in [1.54, 1.807) is 24.0 Å². The zero-order valence-corrected chi connectivity index (χ0v) is 13.0. The highest BCUT2D eigenvalue weighted by molar-refractivity contribution is 5.94. The standard InChI is InChI=1S/C17H25NO3/c1-3-5-9-13-18(14-12-16(19)21-4-2)17(20)15-10-7-6-8-11-15/h6-8,10-11H,3-5,9,12-14H2,1-2H3. The Morgan fingerprint density at radius 2 is 1.76 bits per heavy atom. The van der Waals surface area contributed by atoms with Crippen molar-refractivity contribution in [3.8, 4) is 0 Å². The van der Waals surface area contributed by atoms with Crippen LogP contribution in [0, 0.1) is 0 Å². The van der Waals surface area contributed by atoms with Gasteiger partial charge >= 0.3 is 5.97 Å². The van der Waals surface area contributed by atoms with Crippen molar-refractivity contribution in [2.24, 2.45) is 0 Å². The normalized spacial score (nSPS) is 10.2. The first kappa shape index (κ1) is 17.2. The summed E-state index contributed by atoms with van der Waals surface area (Å²) < 4.78 is 4.93. The number of hydrogen-bond donors (Lipinski definition) is 0. The Bertz CT molecular complexity index is 431. The molecule has 0 saturated heterocycles. The number of carbonyl (C=O) groups is 2. The van der Waals surface area contributed by atoms with Crippen LogP contribution in [0.1, 0.15) is 49.9 Å². The molecule has 4 nitrogen and oxygen atoms in total. The Morgan fingerprint density at radius 3 is 2.38 bits per heavy atom. The average Bonchev–Trinajstić information content (AvgIpc) is 2.51. The van der Waals surface area contributed by atoms with Crippen LogP contribution in [-0.4, -0.2) is 36.5 Å². The van der Waals surface area contributed by atoms with Crippen LogP contribution in [0.5, 0.6) is 0 Å². The number of carbonyl (C=O) groups excluding carboxylic acids is 2. The van der Waals surface area contributed by atoms with Crippen molar-refractivity contribution in [1.82, 2.24) is 4.90 Å². The van der Waals surface area contributed by atoms with E-state index in [0.717, 1.165) is 19.3 Å². The summed E-state index contributed by atoms with van der Waals surface area (Å²) in [4.78, 5) is 25.7. The van der Waals surface area contributed by atoms with Crippen molar-refractivity contribution >= 4 is 11.9 Å². The van der Waals surface area contributed by atoms with Crippen LogP contribution < -0.4 is 0 Å². The summed E-state index contributed by atoms with van der Waals surface area (Å²) in [6.07, 6.45) is 3.39. The largest absolute Gasteiger partial charge is 0.466 e. The number of ether oxygens (including phenoxy) is 1. The van der Waals surface area contributed by atoms with Gasteiger partial charge in [0.05, 0.1) is 13.0 Å². The lowest BCUT2D eigenvalue weighted by atomic mass is 10.1. The molecule has 0 spiro atoms. The molecule has 0 radical (unpaired) electrons. The molecule has 4 heteroatoms. The molecule has 116 valence electrons. The maximum atomic E-state index is 12.5. The average molecular weight is 291 g/mol. The van der Waals surface area contributed by atoms with Crippen LogP contribution in [0.4, 0.5) is 0 Å². The van der Waals surface area contributed by atoms with Crippen molar-refractivity contribution in [3.05, 3.63) is 35.9 Å². The topological polar surface area (TPSA) is 46.6 Å². The molecule has 21 heavy (non-hydrogen) atoms. The molecule has 1 amide bonds. The van der Waals surface area contributed by atoms with Crippen LogP contribution in [0.25, 0.3) is 0 Å². The third-order valence-electron chi connectivity index (χ3n) is 3.23. The van der Waals surface area contributed by atoms with E-state index in [1.807, 2.05) is 18.2 Å². The smallest absolute Gasteiger partial charge is 0.307 e. The minimum Gasteiger partial charge on any atom is -0.466 e. The molecule has 0 aromatic heterocycles. The molecular weight excluding hydrogens is 266 g/mol. The zero-order valence-electron chi connectivity index (χ0n) is 13.0. The van der Waals surface area contributed by atoms with Crippen molar-refractivity contribution in [3.63, 3.8) is 0 Å². The van der Waals surface area contributed by atoms with Gasteiger partial charge in [0.1, 0.15) is 0 Å². The van der Waals surface area contributed by atoms with Crippen LogP contribution in [0.3, 0.4) is 0 Å². The van der Waals surface area contributed by atoms with E-state index in [-0.39, 0.29) is 18.3 Å². The van der Waals surface area contributed by atoms with Gasteiger partial charge in [-0.3, -0.25) is 9.59 Å². The predicted octanol–water partition coefficient (Wildman–Crippen LogP) is 3.27. The minimum atomic E-state index is -0.251. The first-order chi connectivity index (χ1) is 10.2. The third-order valence-corrected chi connectivity index (χ3v) is 3.23.